The number of hydrogen-bond acceptors (Lipinski definition) is 5. The molecule has 0 radical (unpaired) electrons. The van der Waals surface area contributed by atoms with Crippen LogP contribution in [0.25, 0.3) is 10.8 Å². The van der Waals surface area contributed by atoms with Crippen LogP contribution in [0.15, 0.2) is 89.8 Å². The fourth-order valence-corrected chi connectivity index (χ4v) is 5.19. The Hall–Kier alpha value is -4.05. The van der Waals surface area contributed by atoms with Crippen molar-refractivity contribution in [1.29, 1.82) is 0 Å². The molecule has 1 unspecified atom stereocenters. The molecule has 0 heterocycles. The predicted octanol–water partition coefficient (Wildman–Crippen LogP) is 7.08. The number of benzene rings is 4. The largest absolute Gasteiger partial charge is 0.493 e. The molecule has 0 saturated carbocycles. The average molecular weight is 572 g/mol. The predicted molar refractivity (Wildman–Crippen MR) is 146 cm³/mol. The normalized spacial score (nSPS) is 12.7. The highest BCUT2D eigenvalue weighted by atomic mass is 32.2. The third kappa shape index (κ3) is 6.39. The first-order chi connectivity index (χ1) is 18.9. The van der Waals surface area contributed by atoms with Crippen molar-refractivity contribution in [2.24, 2.45) is 0 Å². The summed E-state index contributed by atoms with van der Waals surface area (Å²) >= 11 is 0. The van der Waals surface area contributed by atoms with Gasteiger partial charge in [0.2, 0.25) is 0 Å². The van der Waals surface area contributed by atoms with Crippen LogP contribution in [0.4, 0.5) is 13.2 Å². The summed E-state index contributed by atoms with van der Waals surface area (Å²) in [5, 5.41) is 1.94. The molecule has 0 aliphatic heterocycles. The monoisotopic (exact) mass is 571 g/mol. The number of carbonyl (C=O) groups excluding carboxylic acids is 1. The molecule has 0 spiro atoms. The van der Waals surface area contributed by atoms with Crippen LogP contribution in [0, 0.1) is 0 Å². The van der Waals surface area contributed by atoms with Gasteiger partial charge in [0.1, 0.15) is 4.90 Å². The number of hydrogen-bond donors (Lipinski definition) is 0. The molecule has 0 aliphatic rings. The lowest BCUT2D eigenvalue weighted by Crippen LogP contribution is -2.37. The summed E-state index contributed by atoms with van der Waals surface area (Å²) in [6, 6.07) is 20.9. The van der Waals surface area contributed by atoms with Crippen LogP contribution >= 0.6 is 0 Å². The zero-order valence-electron chi connectivity index (χ0n) is 22.1. The fraction of sp³-hybridized carbons (Fsp3) is 0.233. The Morgan fingerprint density at radius 1 is 0.900 bits per heavy atom. The summed E-state index contributed by atoms with van der Waals surface area (Å²) in [6.45, 7) is 4.00. The third-order valence-electron chi connectivity index (χ3n) is 6.61. The van der Waals surface area contributed by atoms with Crippen molar-refractivity contribution in [2.45, 2.75) is 43.9 Å². The van der Waals surface area contributed by atoms with Crippen molar-refractivity contribution in [1.82, 2.24) is 4.90 Å². The van der Waals surface area contributed by atoms with E-state index in [1.807, 2.05) is 50.2 Å². The SMILES string of the molecule is CCC(C)N(Cc1ccc(OC)c(OS(=O)(=O)c2cccc(C(F)(F)F)c2)c1)C(=O)c1ccc2ccccc2c1. The summed E-state index contributed by atoms with van der Waals surface area (Å²) in [4.78, 5) is 14.6. The first-order valence-electron chi connectivity index (χ1n) is 12.5. The summed E-state index contributed by atoms with van der Waals surface area (Å²) in [7, 11) is -3.32. The van der Waals surface area contributed by atoms with Crippen molar-refractivity contribution in [3.8, 4) is 11.5 Å². The van der Waals surface area contributed by atoms with E-state index in [9.17, 15) is 26.4 Å². The van der Waals surface area contributed by atoms with Crippen LogP contribution in [-0.4, -0.2) is 32.4 Å². The smallest absolute Gasteiger partial charge is 0.416 e. The Bertz CT molecular complexity index is 1640. The minimum Gasteiger partial charge on any atom is -0.493 e. The van der Waals surface area contributed by atoms with Crippen molar-refractivity contribution in [2.75, 3.05) is 7.11 Å². The van der Waals surface area contributed by atoms with Gasteiger partial charge in [0.05, 0.1) is 12.7 Å². The molecule has 210 valence electrons. The van der Waals surface area contributed by atoms with Crippen molar-refractivity contribution in [3.63, 3.8) is 0 Å². The molecular formula is C30H28F3NO5S. The second kappa shape index (κ2) is 11.6. The zero-order chi connectivity index (χ0) is 29.1. The quantitative estimate of drug-likeness (QED) is 0.201. The minimum atomic E-state index is -4.72. The fourth-order valence-electron chi connectivity index (χ4n) is 4.21. The van der Waals surface area contributed by atoms with E-state index in [1.54, 1.807) is 17.0 Å². The molecule has 1 amide bonds. The number of alkyl halides is 3. The number of carbonyl (C=O) groups is 1. The van der Waals surface area contributed by atoms with E-state index in [4.69, 9.17) is 8.92 Å². The summed E-state index contributed by atoms with van der Waals surface area (Å²) in [5.74, 6) is -0.343. The number of ether oxygens (including phenoxy) is 1. The van der Waals surface area contributed by atoms with Gasteiger partial charge >= 0.3 is 16.3 Å². The second-order valence-corrected chi connectivity index (χ2v) is 10.8. The summed E-state index contributed by atoms with van der Waals surface area (Å²) in [5.41, 5.74) is -0.0603. The van der Waals surface area contributed by atoms with E-state index < -0.39 is 26.8 Å². The van der Waals surface area contributed by atoms with Crippen LogP contribution in [0.1, 0.15) is 41.8 Å². The van der Waals surface area contributed by atoms with Crippen LogP contribution < -0.4 is 8.92 Å². The Morgan fingerprint density at radius 2 is 1.62 bits per heavy atom. The van der Waals surface area contributed by atoms with E-state index in [1.165, 1.54) is 19.2 Å². The molecule has 0 aromatic heterocycles. The van der Waals surface area contributed by atoms with Gasteiger partial charge < -0.3 is 13.8 Å². The van der Waals surface area contributed by atoms with Crippen LogP contribution in [-0.2, 0) is 22.8 Å². The number of methoxy groups -OCH3 is 1. The first kappa shape index (κ1) is 28.9. The van der Waals surface area contributed by atoms with Gasteiger partial charge in [-0.15, -0.1) is 0 Å². The molecule has 4 aromatic rings. The molecular weight excluding hydrogens is 543 g/mol. The van der Waals surface area contributed by atoms with Gasteiger partial charge in [-0.1, -0.05) is 49.4 Å². The molecule has 0 fully saturated rings. The van der Waals surface area contributed by atoms with Gasteiger partial charge in [-0.05, 0) is 72.1 Å². The van der Waals surface area contributed by atoms with Gasteiger partial charge in [-0.2, -0.15) is 21.6 Å². The summed E-state index contributed by atoms with van der Waals surface area (Å²) in [6.07, 6.45) is -4.05. The van der Waals surface area contributed by atoms with E-state index in [2.05, 4.69) is 0 Å². The molecule has 4 aromatic carbocycles. The third-order valence-corrected chi connectivity index (χ3v) is 7.84. The lowest BCUT2D eigenvalue weighted by molar-refractivity contribution is -0.137. The molecule has 10 heteroatoms. The van der Waals surface area contributed by atoms with Crippen LogP contribution in [0.2, 0.25) is 0 Å². The van der Waals surface area contributed by atoms with Gasteiger partial charge in [0.15, 0.2) is 11.5 Å². The van der Waals surface area contributed by atoms with E-state index in [0.717, 1.165) is 29.0 Å². The first-order valence-corrected chi connectivity index (χ1v) is 13.9. The number of nitrogens with zero attached hydrogens (tertiary/aromatic N) is 1. The molecule has 0 bridgehead atoms. The van der Waals surface area contributed by atoms with Crippen LogP contribution in [0.3, 0.4) is 0 Å². The zero-order valence-corrected chi connectivity index (χ0v) is 22.9. The number of halogens is 3. The topological polar surface area (TPSA) is 72.9 Å². The molecule has 40 heavy (non-hydrogen) atoms. The van der Waals surface area contributed by atoms with Crippen molar-refractivity contribution >= 4 is 26.8 Å². The minimum absolute atomic E-state index is 0.0650. The molecule has 1 atom stereocenters. The van der Waals surface area contributed by atoms with Gasteiger partial charge in [0.25, 0.3) is 5.91 Å². The molecule has 0 aliphatic carbocycles. The Morgan fingerprint density at radius 3 is 2.30 bits per heavy atom. The summed E-state index contributed by atoms with van der Waals surface area (Å²) < 4.78 is 75.8. The van der Waals surface area contributed by atoms with Gasteiger partial charge in [-0.3, -0.25) is 4.79 Å². The highest BCUT2D eigenvalue weighted by Crippen LogP contribution is 2.34. The van der Waals surface area contributed by atoms with Crippen molar-refractivity contribution < 1.29 is 35.3 Å². The molecule has 6 nitrogen and oxygen atoms in total. The maximum atomic E-state index is 13.6. The molecule has 4 rings (SSSR count). The van der Waals surface area contributed by atoms with E-state index >= 15 is 0 Å². The van der Waals surface area contributed by atoms with Gasteiger partial charge in [0, 0.05) is 18.2 Å². The molecule has 0 N–H and O–H groups in total. The number of rotatable bonds is 9. The highest BCUT2D eigenvalue weighted by molar-refractivity contribution is 7.87. The lowest BCUT2D eigenvalue weighted by Gasteiger charge is -2.29. The standard InChI is InChI=1S/C30H28F3NO5S/c1-4-20(2)34(29(35)24-14-13-22-8-5-6-9-23(22)17-24)19-21-12-15-27(38-3)28(16-21)39-40(36,37)26-11-7-10-25(18-26)30(31,32)33/h5-18,20H,4,19H2,1-3H3. The number of amides is 1. The Balaban J connectivity index is 1.65. The maximum absolute atomic E-state index is 13.6. The van der Waals surface area contributed by atoms with Gasteiger partial charge in [-0.25, -0.2) is 0 Å². The second-order valence-electron chi connectivity index (χ2n) is 9.30. The van der Waals surface area contributed by atoms with Crippen molar-refractivity contribution in [3.05, 3.63) is 102 Å². The Kier molecular flexibility index (Phi) is 8.39. The van der Waals surface area contributed by atoms with E-state index in [-0.39, 0.29) is 30.0 Å². The number of fused-ring (bicyclic) bond motifs is 1. The average Bonchev–Trinajstić information content (AvgIpc) is 2.94. The molecule has 0 saturated heterocycles. The Labute approximate surface area is 231 Å². The lowest BCUT2D eigenvalue weighted by atomic mass is 10.0. The highest BCUT2D eigenvalue weighted by Gasteiger charge is 2.32. The van der Waals surface area contributed by atoms with Crippen LogP contribution in [0.5, 0.6) is 11.5 Å². The van der Waals surface area contributed by atoms with E-state index in [0.29, 0.717) is 23.6 Å². The maximum Gasteiger partial charge on any atom is 0.416 e.